The number of hydrogen-bond acceptors (Lipinski definition) is 4. The van der Waals surface area contributed by atoms with E-state index in [1.165, 1.54) is 18.2 Å². The number of aryl methyl sites for hydroxylation is 1. The summed E-state index contributed by atoms with van der Waals surface area (Å²) in [6, 6.07) is 5.85. The summed E-state index contributed by atoms with van der Waals surface area (Å²) in [5.74, 6) is -0.567. The van der Waals surface area contributed by atoms with E-state index in [-0.39, 0.29) is 11.9 Å². The molecule has 1 N–H and O–H groups in total. The van der Waals surface area contributed by atoms with Gasteiger partial charge in [0.05, 0.1) is 24.0 Å². The van der Waals surface area contributed by atoms with Crippen molar-refractivity contribution >= 4 is 11.8 Å². The van der Waals surface area contributed by atoms with E-state index >= 15 is 0 Å². The number of benzene rings is 1. The summed E-state index contributed by atoms with van der Waals surface area (Å²) in [4.78, 5) is 33.3. The number of aromatic nitrogens is 2. The van der Waals surface area contributed by atoms with Gasteiger partial charge in [-0.2, -0.15) is 13.2 Å². The third-order valence-electron chi connectivity index (χ3n) is 8.52. The van der Waals surface area contributed by atoms with E-state index in [2.05, 4.69) is 14.8 Å². The lowest BCUT2D eigenvalue weighted by atomic mass is 9.95. The largest absolute Gasteiger partial charge is 0.397 e. The van der Waals surface area contributed by atoms with Crippen LogP contribution in [0.4, 0.5) is 17.6 Å². The van der Waals surface area contributed by atoms with Gasteiger partial charge in [0, 0.05) is 44.6 Å². The topological polar surface area (TPSA) is 70.5 Å². The van der Waals surface area contributed by atoms with Crippen molar-refractivity contribution in [1.29, 1.82) is 0 Å². The van der Waals surface area contributed by atoms with Crippen LogP contribution in [0.3, 0.4) is 0 Å². The summed E-state index contributed by atoms with van der Waals surface area (Å²) in [5, 5.41) is 2.50. The minimum absolute atomic E-state index is 0.0659. The van der Waals surface area contributed by atoms with Crippen molar-refractivity contribution in [1.82, 2.24) is 24.7 Å². The highest BCUT2D eigenvalue weighted by Crippen LogP contribution is 2.43. The Hall–Kier alpha value is -2.95. The Morgan fingerprint density at radius 3 is 2.51 bits per heavy atom. The molecule has 2 fully saturated rings. The zero-order chi connectivity index (χ0) is 27.9. The van der Waals surface area contributed by atoms with Crippen molar-refractivity contribution < 1.29 is 27.2 Å². The Bertz CT molecular complexity index is 1220. The first kappa shape index (κ1) is 27.6. The summed E-state index contributed by atoms with van der Waals surface area (Å²) in [6.07, 6.45) is -1.12. The van der Waals surface area contributed by atoms with Crippen LogP contribution in [0.15, 0.2) is 24.3 Å². The lowest BCUT2D eigenvalue weighted by Crippen LogP contribution is -2.45. The molecule has 7 nitrogen and oxygen atoms in total. The maximum atomic E-state index is 13.9. The van der Waals surface area contributed by atoms with Crippen LogP contribution < -0.4 is 5.32 Å². The molecule has 212 valence electrons. The fraction of sp³-hybridized carbons (Fsp3) is 0.607. The van der Waals surface area contributed by atoms with Gasteiger partial charge in [-0.25, -0.2) is 9.37 Å². The number of amides is 2. The third kappa shape index (κ3) is 6.13. The van der Waals surface area contributed by atoms with E-state index in [0.29, 0.717) is 43.7 Å². The highest BCUT2D eigenvalue weighted by molar-refractivity contribution is 5.77. The Morgan fingerprint density at radius 2 is 1.87 bits per heavy atom. The van der Waals surface area contributed by atoms with Gasteiger partial charge in [0.25, 0.3) is 0 Å². The summed E-state index contributed by atoms with van der Waals surface area (Å²) >= 11 is 0. The molecule has 1 aromatic carbocycles. The average molecular weight is 550 g/mol. The molecule has 3 aliphatic heterocycles. The van der Waals surface area contributed by atoms with Gasteiger partial charge in [-0.3, -0.25) is 14.5 Å². The van der Waals surface area contributed by atoms with Crippen molar-refractivity contribution in [2.45, 2.75) is 95.7 Å². The normalized spacial score (nSPS) is 23.9. The number of nitrogens with zero attached hydrogens (tertiary/aromatic N) is 4. The summed E-state index contributed by atoms with van der Waals surface area (Å²) in [6.45, 7) is 5.48. The van der Waals surface area contributed by atoms with Crippen molar-refractivity contribution in [3.63, 3.8) is 0 Å². The first-order valence-electron chi connectivity index (χ1n) is 13.7. The van der Waals surface area contributed by atoms with Gasteiger partial charge in [-0.1, -0.05) is 12.1 Å². The highest BCUT2D eigenvalue weighted by atomic mass is 19.4. The highest BCUT2D eigenvalue weighted by Gasteiger charge is 2.42. The second kappa shape index (κ2) is 10.9. The van der Waals surface area contributed by atoms with E-state index < -0.39 is 30.4 Å². The van der Waals surface area contributed by atoms with Gasteiger partial charge in [0.15, 0.2) is 0 Å². The number of nitrogens with one attached hydrogen (secondary N) is 1. The zero-order valence-electron chi connectivity index (χ0n) is 22.3. The number of carbonyl (C=O) groups excluding carboxylic acids is 2. The SMILES string of the molecule is CC(=O)N1CCc2nc(C)n(C3CC4CCC(C3)N4CC[C@H](NC(=O)CC(F)(F)F)c3cccc(F)c3)c2C1. The summed E-state index contributed by atoms with van der Waals surface area (Å²) in [7, 11) is 0. The number of halogens is 4. The summed E-state index contributed by atoms with van der Waals surface area (Å²) < 4.78 is 54.7. The molecule has 2 saturated heterocycles. The van der Waals surface area contributed by atoms with Gasteiger partial charge in [0.2, 0.25) is 11.8 Å². The first-order chi connectivity index (χ1) is 18.5. The number of rotatable bonds is 7. The second-order valence-corrected chi connectivity index (χ2v) is 11.1. The van der Waals surface area contributed by atoms with Gasteiger partial charge >= 0.3 is 6.18 Å². The zero-order valence-corrected chi connectivity index (χ0v) is 22.3. The Morgan fingerprint density at radius 1 is 1.15 bits per heavy atom. The third-order valence-corrected chi connectivity index (χ3v) is 8.52. The monoisotopic (exact) mass is 549 g/mol. The molecule has 4 heterocycles. The molecule has 2 aromatic rings. The van der Waals surface area contributed by atoms with Gasteiger partial charge in [-0.05, 0) is 56.7 Å². The molecule has 3 atom stereocenters. The first-order valence-corrected chi connectivity index (χ1v) is 13.7. The van der Waals surface area contributed by atoms with Crippen molar-refractivity contribution in [3.8, 4) is 0 Å². The molecule has 2 unspecified atom stereocenters. The Labute approximate surface area is 225 Å². The maximum Gasteiger partial charge on any atom is 0.397 e. The quantitative estimate of drug-likeness (QED) is 0.513. The van der Waals surface area contributed by atoms with Crippen LogP contribution in [0, 0.1) is 12.7 Å². The molecule has 39 heavy (non-hydrogen) atoms. The molecule has 0 spiro atoms. The molecule has 2 bridgehead atoms. The molecule has 1 aromatic heterocycles. The predicted octanol–water partition coefficient (Wildman–Crippen LogP) is 4.60. The van der Waals surface area contributed by atoms with Crippen LogP contribution in [-0.2, 0) is 22.6 Å². The number of alkyl halides is 3. The lowest BCUT2D eigenvalue weighted by molar-refractivity contribution is -0.154. The molecule has 5 rings (SSSR count). The molecular formula is C28H35F4N5O2. The number of hydrogen-bond donors (Lipinski definition) is 1. The molecule has 3 aliphatic rings. The minimum atomic E-state index is -4.61. The smallest absolute Gasteiger partial charge is 0.349 e. The van der Waals surface area contributed by atoms with Crippen LogP contribution >= 0.6 is 0 Å². The predicted molar refractivity (Wildman–Crippen MR) is 136 cm³/mol. The fourth-order valence-electron chi connectivity index (χ4n) is 6.84. The van der Waals surface area contributed by atoms with E-state index in [1.54, 1.807) is 13.0 Å². The van der Waals surface area contributed by atoms with Crippen molar-refractivity contribution in [2.75, 3.05) is 13.1 Å². The van der Waals surface area contributed by atoms with E-state index in [9.17, 15) is 27.2 Å². The maximum absolute atomic E-state index is 13.9. The molecule has 2 amide bonds. The molecule has 0 aliphatic carbocycles. The van der Waals surface area contributed by atoms with Crippen LogP contribution in [0.5, 0.6) is 0 Å². The van der Waals surface area contributed by atoms with Crippen LogP contribution in [0.1, 0.15) is 80.3 Å². The van der Waals surface area contributed by atoms with Crippen LogP contribution in [0.25, 0.3) is 0 Å². The molecule has 0 saturated carbocycles. The van der Waals surface area contributed by atoms with E-state index in [1.807, 2.05) is 11.8 Å². The van der Waals surface area contributed by atoms with Crippen LogP contribution in [-0.4, -0.2) is 62.5 Å². The van der Waals surface area contributed by atoms with Gasteiger partial charge < -0.3 is 14.8 Å². The minimum Gasteiger partial charge on any atom is -0.349 e. The number of fused-ring (bicyclic) bond motifs is 3. The second-order valence-electron chi connectivity index (χ2n) is 11.1. The Kier molecular flexibility index (Phi) is 7.72. The molecular weight excluding hydrogens is 514 g/mol. The Balaban J connectivity index is 1.28. The average Bonchev–Trinajstić information content (AvgIpc) is 3.30. The van der Waals surface area contributed by atoms with E-state index in [0.717, 1.165) is 49.3 Å². The summed E-state index contributed by atoms with van der Waals surface area (Å²) in [5.41, 5.74) is 2.67. The lowest BCUT2D eigenvalue weighted by Gasteiger charge is -2.41. The number of imidazole rings is 1. The molecule has 11 heteroatoms. The van der Waals surface area contributed by atoms with E-state index in [4.69, 9.17) is 4.98 Å². The van der Waals surface area contributed by atoms with Crippen molar-refractivity contribution in [3.05, 3.63) is 52.9 Å². The van der Waals surface area contributed by atoms with Crippen molar-refractivity contribution in [2.24, 2.45) is 0 Å². The molecule has 0 radical (unpaired) electrons. The van der Waals surface area contributed by atoms with Gasteiger partial charge in [-0.15, -0.1) is 0 Å². The number of piperidine rings is 1. The fourth-order valence-corrected chi connectivity index (χ4v) is 6.84. The number of carbonyl (C=O) groups is 2. The van der Waals surface area contributed by atoms with Crippen LogP contribution in [0.2, 0.25) is 0 Å². The van der Waals surface area contributed by atoms with Gasteiger partial charge in [0.1, 0.15) is 18.1 Å². The standard InChI is InChI=1S/C28H35F4N5O2/c1-17-33-25-8-10-35(18(2)38)16-26(25)37(17)23-13-21-6-7-22(14-23)36(21)11-9-24(19-4-3-5-20(29)12-19)34-27(39)15-28(30,31)32/h3-5,12,21-24H,6-11,13-16H2,1-2H3,(H,34,39)/t21?,22?,23?,24-/m0/s1.